The van der Waals surface area contributed by atoms with E-state index in [-0.39, 0.29) is 35.6 Å². The number of hydrogen-bond acceptors (Lipinski definition) is 5. The topological polar surface area (TPSA) is 109 Å². The van der Waals surface area contributed by atoms with E-state index >= 15 is 0 Å². The van der Waals surface area contributed by atoms with Crippen LogP contribution in [-0.2, 0) is 16.1 Å². The molecule has 2 rings (SSSR count). The Balaban J connectivity index is 0.00000512. The quantitative estimate of drug-likeness (QED) is 0.101. The van der Waals surface area contributed by atoms with Crippen LogP contribution in [0.25, 0.3) is 0 Å². The van der Waals surface area contributed by atoms with Crippen molar-refractivity contribution < 1.29 is 14.5 Å². The van der Waals surface area contributed by atoms with Crippen LogP contribution < -0.4 is 10.6 Å². The van der Waals surface area contributed by atoms with Gasteiger partial charge < -0.3 is 20.3 Å². The van der Waals surface area contributed by atoms with Crippen LogP contribution in [0.4, 0.5) is 5.69 Å². The second kappa shape index (κ2) is 16.7. The molecule has 2 N–H and O–H groups in total. The number of nitrogens with zero attached hydrogens (tertiary/aromatic N) is 3. The summed E-state index contributed by atoms with van der Waals surface area (Å²) in [7, 11) is 0. The van der Waals surface area contributed by atoms with Crippen LogP contribution in [0.2, 0.25) is 0 Å². The van der Waals surface area contributed by atoms with Crippen LogP contribution in [0.1, 0.15) is 51.0 Å². The molecular weight excluding hydrogens is 525 g/mol. The number of aliphatic imine (C=N–C) groups is 1. The van der Waals surface area contributed by atoms with Gasteiger partial charge in [-0.2, -0.15) is 0 Å². The number of likely N-dealkylation sites (tertiary alicyclic amines) is 1. The average molecular weight is 561 g/mol. The SMILES string of the molecule is CCOCCCNC(=NCc1ccc([N+](=O)[O-])cc1)NCCCN1CCCCCC1=O.I. The van der Waals surface area contributed by atoms with E-state index in [2.05, 4.69) is 15.6 Å². The molecule has 1 aromatic carbocycles. The second-order valence-electron chi connectivity index (χ2n) is 7.54. The number of nitro groups is 1. The van der Waals surface area contributed by atoms with Crippen molar-refractivity contribution in [2.45, 2.75) is 52.0 Å². The zero-order valence-corrected chi connectivity index (χ0v) is 21.2. The van der Waals surface area contributed by atoms with Gasteiger partial charge in [0.05, 0.1) is 11.5 Å². The number of carbonyl (C=O) groups is 1. The number of guanidine groups is 1. The highest BCUT2D eigenvalue weighted by Gasteiger charge is 2.15. The van der Waals surface area contributed by atoms with E-state index < -0.39 is 4.92 Å². The van der Waals surface area contributed by atoms with E-state index in [0.717, 1.165) is 57.3 Å². The zero-order chi connectivity index (χ0) is 22.3. The van der Waals surface area contributed by atoms with Crippen LogP contribution >= 0.6 is 24.0 Å². The van der Waals surface area contributed by atoms with Gasteiger partial charge in [-0.3, -0.25) is 14.9 Å². The molecule has 1 amide bonds. The molecule has 0 saturated carbocycles. The predicted octanol–water partition coefficient (Wildman–Crippen LogP) is 3.47. The van der Waals surface area contributed by atoms with Crippen LogP contribution in [0.5, 0.6) is 0 Å². The number of ether oxygens (including phenoxy) is 1. The summed E-state index contributed by atoms with van der Waals surface area (Å²) in [6.45, 7) is 6.84. The predicted molar refractivity (Wildman–Crippen MR) is 136 cm³/mol. The molecule has 1 saturated heterocycles. The first-order valence-corrected chi connectivity index (χ1v) is 11.2. The summed E-state index contributed by atoms with van der Waals surface area (Å²) in [6.07, 6.45) is 5.60. The molecule has 0 aromatic heterocycles. The number of nitrogens with one attached hydrogen (secondary N) is 2. The molecule has 9 nitrogen and oxygen atoms in total. The maximum atomic E-state index is 12.1. The van der Waals surface area contributed by atoms with Gasteiger partial charge in [-0.1, -0.05) is 18.6 Å². The normalized spacial score (nSPS) is 14.5. The van der Waals surface area contributed by atoms with E-state index in [0.29, 0.717) is 38.7 Å². The fraction of sp³-hybridized carbons (Fsp3) is 0.636. The Morgan fingerprint density at radius 1 is 1.16 bits per heavy atom. The van der Waals surface area contributed by atoms with Crippen molar-refractivity contribution >= 4 is 41.5 Å². The van der Waals surface area contributed by atoms with E-state index in [9.17, 15) is 14.9 Å². The Morgan fingerprint density at radius 2 is 1.88 bits per heavy atom. The third-order valence-electron chi connectivity index (χ3n) is 5.10. The van der Waals surface area contributed by atoms with E-state index in [4.69, 9.17) is 4.74 Å². The molecule has 1 heterocycles. The minimum Gasteiger partial charge on any atom is -0.382 e. The van der Waals surface area contributed by atoms with E-state index in [1.807, 2.05) is 11.8 Å². The summed E-state index contributed by atoms with van der Waals surface area (Å²) in [5, 5.41) is 17.4. The number of rotatable bonds is 12. The average Bonchev–Trinajstić information content (AvgIpc) is 2.98. The van der Waals surface area contributed by atoms with Gasteiger partial charge in [0.1, 0.15) is 0 Å². The van der Waals surface area contributed by atoms with Gasteiger partial charge in [0.2, 0.25) is 5.91 Å². The maximum Gasteiger partial charge on any atom is 0.269 e. The fourth-order valence-corrected chi connectivity index (χ4v) is 3.34. The highest BCUT2D eigenvalue weighted by molar-refractivity contribution is 14.0. The number of halogens is 1. The Hall–Kier alpha value is -1.95. The van der Waals surface area contributed by atoms with Gasteiger partial charge in [-0.15, -0.1) is 24.0 Å². The number of carbonyl (C=O) groups excluding carboxylic acids is 1. The van der Waals surface area contributed by atoms with E-state index in [1.165, 1.54) is 12.1 Å². The molecular formula is C22H36IN5O4. The van der Waals surface area contributed by atoms with Gasteiger partial charge in [0.25, 0.3) is 5.69 Å². The first-order chi connectivity index (χ1) is 15.1. The van der Waals surface area contributed by atoms with Crippen LogP contribution in [0.3, 0.4) is 0 Å². The lowest BCUT2D eigenvalue weighted by Gasteiger charge is -2.21. The van der Waals surface area contributed by atoms with E-state index in [1.54, 1.807) is 12.1 Å². The van der Waals surface area contributed by atoms with Crippen LogP contribution in [0, 0.1) is 10.1 Å². The Labute approximate surface area is 207 Å². The molecule has 0 spiro atoms. The molecule has 0 bridgehead atoms. The van der Waals surface area contributed by atoms with Gasteiger partial charge >= 0.3 is 0 Å². The van der Waals surface area contributed by atoms with Crippen molar-refractivity contribution in [1.29, 1.82) is 0 Å². The molecule has 0 unspecified atom stereocenters. The van der Waals surface area contributed by atoms with Crippen molar-refractivity contribution in [1.82, 2.24) is 15.5 Å². The zero-order valence-electron chi connectivity index (χ0n) is 18.9. The molecule has 1 aliphatic rings. The van der Waals surface area contributed by atoms with Gasteiger partial charge in [-0.25, -0.2) is 4.99 Å². The van der Waals surface area contributed by atoms with Crippen LogP contribution in [-0.4, -0.2) is 61.1 Å². The summed E-state index contributed by atoms with van der Waals surface area (Å²) in [4.78, 5) is 29.1. The number of non-ortho nitro benzene ring substituents is 1. The molecule has 0 aliphatic carbocycles. The van der Waals surface area contributed by atoms with Crippen molar-refractivity contribution in [2.75, 3.05) is 39.4 Å². The monoisotopic (exact) mass is 561 g/mol. The molecule has 180 valence electrons. The van der Waals surface area contributed by atoms with Gasteiger partial charge in [0, 0.05) is 57.9 Å². The Morgan fingerprint density at radius 3 is 2.56 bits per heavy atom. The first-order valence-electron chi connectivity index (χ1n) is 11.2. The molecule has 0 radical (unpaired) electrons. The molecule has 1 aromatic rings. The van der Waals surface area contributed by atoms with Crippen molar-refractivity contribution in [3.63, 3.8) is 0 Å². The molecule has 32 heavy (non-hydrogen) atoms. The molecule has 1 fully saturated rings. The van der Waals surface area contributed by atoms with Crippen molar-refractivity contribution in [3.05, 3.63) is 39.9 Å². The summed E-state index contributed by atoms with van der Waals surface area (Å²) < 4.78 is 5.37. The second-order valence-corrected chi connectivity index (χ2v) is 7.54. The standard InChI is InChI=1S/C22H35N5O4.HI/c1-2-31-17-7-14-24-22(25-18-19-9-11-20(12-10-19)27(29)30)23-13-6-16-26-15-5-3-4-8-21(26)28;/h9-12H,2-8,13-18H2,1H3,(H2,23,24,25);1H. The summed E-state index contributed by atoms with van der Waals surface area (Å²) >= 11 is 0. The molecule has 1 aliphatic heterocycles. The molecule has 0 atom stereocenters. The molecule has 10 heteroatoms. The Bertz CT molecular complexity index is 715. The number of hydrogen-bond donors (Lipinski definition) is 2. The van der Waals surface area contributed by atoms with Crippen LogP contribution in [0.15, 0.2) is 29.3 Å². The summed E-state index contributed by atoms with van der Waals surface area (Å²) in [5.74, 6) is 0.954. The van der Waals surface area contributed by atoms with Gasteiger partial charge in [0.15, 0.2) is 5.96 Å². The lowest BCUT2D eigenvalue weighted by Crippen LogP contribution is -2.40. The largest absolute Gasteiger partial charge is 0.382 e. The summed E-state index contributed by atoms with van der Waals surface area (Å²) in [6, 6.07) is 6.43. The minimum atomic E-state index is -0.408. The number of benzene rings is 1. The third-order valence-corrected chi connectivity index (χ3v) is 5.10. The number of amides is 1. The smallest absolute Gasteiger partial charge is 0.269 e. The highest BCUT2D eigenvalue weighted by Crippen LogP contribution is 2.13. The summed E-state index contributed by atoms with van der Waals surface area (Å²) in [5.41, 5.74) is 0.972. The lowest BCUT2D eigenvalue weighted by atomic mass is 10.2. The Kier molecular flexibility index (Phi) is 14.6. The first kappa shape index (κ1) is 28.1. The van der Waals surface area contributed by atoms with Crippen molar-refractivity contribution in [3.8, 4) is 0 Å². The highest BCUT2D eigenvalue weighted by atomic mass is 127. The minimum absolute atomic E-state index is 0. The van der Waals surface area contributed by atoms with Crippen molar-refractivity contribution in [2.24, 2.45) is 4.99 Å². The number of nitro benzene ring substituents is 1. The maximum absolute atomic E-state index is 12.1. The fourth-order valence-electron chi connectivity index (χ4n) is 3.34. The van der Waals surface area contributed by atoms with Gasteiger partial charge in [-0.05, 0) is 38.2 Å². The third kappa shape index (κ3) is 11.1. The lowest BCUT2D eigenvalue weighted by molar-refractivity contribution is -0.384.